The smallest absolute Gasteiger partial charge is 0.237 e. The van der Waals surface area contributed by atoms with Gasteiger partial charge in [0.15, 0.2) is 5.78 Å². The van der Waals surface area contributed by atoms with E-state index in [0.717, 1.165) is 52.2 Å². The van der Waals surface area contributed by atoms with Gasteiger partial charge < -0.3 is 31.0 Å². The van der Waals surface area contributed by atoms with E-state index in [4.69, 9.17) is 15.7 Å². The number of carbonyl (C=O) groups excluding carboxylic acids is 2. The number of ketones is 1. The number of aryl methyl sites for hydroxylation is 4. The lowest BCUT2D eigenvalue weighted by Gasteiger charge is -2.20. The van der Waals surface area contributed by atoms with E-state index in [2.05, 4.69) is 41.3 Å². The molecule has 1 amide bonds. The van der Waals surface area contributed by atoms with E-state index < -0.39 is 18.0 Å². The SMILES string of the molecule is N[C@@H](Cc1cnc[nH]1)C(=O)N[C@@H](Cc1cnc[nH]1)C(=O)c1c2nc(cc3ccc(cc4nc(cc5ccc1[nH]5)CC4)[nH]3)CC2. The second-order valence-electron chi connectivity index (χ2n) is 11.2. The molecular weight excluding hydrogens is 556 g/mol. The minimum absolute atomic E-state index is 0.206. The van der Waals surface area contributed by atoms with Gasteiger partial charge >= 0.3 is 0 Å². The number of aromatic amines is 4. The van der Waals surface area contributed by atoms with Crippen molar-refractivity contribution >= 4 is 33.8 Å². The molecule has 0 spiro atoms. The lowest BCUT2D eigenvalue weighted by Crippen LogP contribution is -2.50. The van der Waals surface area contributed by atoms with Crippen molar-refractivity contribution in [2.24, 2.45) is 5.73 Å². The van der Waals surface area contributed by atoms with Crippen LogP contribution < -0.4 is 11.1 Å². The van der Waals surface area contributed by atoms with Crippen LogP contribution in [0.4, 0.5) is 0 Å². The molecule has 2 atom stereocenters. The zero-order valence-electron chi connectivity index (χ0n) is 23.9. The maximum atomic E-state index is 14.5. The monoisotopic (exact) mass is 588 g/mol. The number of nitrogens with one attached hydrogen (secondary N) is 5. The molecule has 7 heterocycles. The van der Waals surface area contributed by atoms with Crippen molar-refractivity contribution in [2.75, 3.05) is 0 Å². The molecule has 222 valence electrons. The first-order valence-corrected chi connectivity index (χ1v) is 14.7. The van der Waals surface area contributed by atoms with E-state index in [1.807, 2.05) is 36.4 Å². The standard InChI is InChI=1S/C32H32N10O2/c33-26(12-24-14-34-16-36-24)32(44)42-29(13-25-15-35-17-37-25)31(43)30-27-7-5-22(40-27)10-20-3-1-18(38-20)9-19-2-4-21(39-19)11-23-6-8-28(30)41-23/h1,3,6,8-11,14-17,26,29,38,41H,2,4-5,7,12-13,33H2,(H,34,36)(H,35,37)(H,42,44)/t26-,29-/m0/s1. The number of nitrogens with zero attached hydrogens (tertiary/aromatic N) is 4. The molecule has 5 aromatic heterocycles. The number of carbonyl (C=O) groups is 2. The van der Waals surface area contributed by atoms with Crippen LogP contribution in [0.2, 0.25) is 0 Å². The summed E-state index contributed by atoms with van der Waals surface area (Å²) in [6.07, 6.45) is 9.77. The molecule has 0 fully saturated rings. The molecule has 2 aliphatic heterocycles. The van der Waals surface area contributed by atoms with Crippen LogP contribution in [0.15, 0.2) is 67.5 Å². The number of rotatable bonds is 8. The van der Waals surface area contributed by atoms with E-state index >= 15 is 0 Å². The Hall–Kier alpha value is -5.36. The number of H-pyrrole nitrogens is 4. The molecule has 44 heavy (non-hydrogen) atoms. The molecule has 0 saturated carbocycles. The highest BCUT2D eigenvalue weighted by molar-refractivity contribution is 6.08. The third-order valence-electron chi connectivity index (χ3n) is 7.97. The summed E-state index contributed by atoms with van der Waals surface area (Å²) >= 11 is 0. The Morgan fingerprint density at radius 1 is 0.773 bits per heavy atom. The van der Waals surface area contributed by atoms with Crippen molar-refractivity contribution < 1.29 is 9.59 Å². The first-order chi connectivity index (χ1) is 21.5. The van der Waals surface area contributed by atoms with Gasteiger partial charge in [-0.1, -0.05) is 0 Å². The lowest BCUT2D eigenvalue weighted by molar-refractivity contribution is -0.122. The molecule has 5 aromatic rings. The Balaban J connectivity index is 1.33. The predicted octanol–water partition coefficient (Wildman–Crippen LogP) is 2.81. The molecule has 7 N–H and O–H groups in total. The average Bonchev–Trinajstić information content (AvgIpc) is 3.84. The fourth-order valence-electron chi connectivity index (χ4n) is 5.79. The number of amides is 1. The van der Waals surface area contributed by atoms with Crippen LogP contribution in [0.3, 0.4) is 0 Å². The Morgan fingerprint density at radius 3 is 2.02 bits per heavy atom. The molecular formula is C32H32N10O2. The summed E-state index contributed by atoms with van der Waals surface area (Å²) < 4.78 is 0. The van der Waals surface area contributed by atoms with Gasteiger partial charge in [-0.15, -0.1) is 0 Å². The summed E-state index contributed by atoms with van der Waals surface area (Å²) in [6, 6.07) is 12.2. The van der Waals surface area contributed by atoms with Crippen LogP contribution >= 0.6 is 0 Å². The van der Waals surface area contributed by atoms with Crippen molar-refractivity contribution in [3.05, 3.63) is 107 Å². The molecule has 0 aromatic carbocycles. The zero-order valence-corrected chi connectivity index (χ0v) is 23.9. The van der Waals surface area contributed by atoms with Crippen molar-refractivity contribution in [3.8, 4) is 0 Å². The van der Waals surface area contributed by atoms with Gasteiger partial charge in [0, 0.05) is 70.3 Å². The summed E-state index contributed by atoms with van der Waals surface area (Å²) in [5.41, 5.74) is 15.0. The van der Waals surface area contributed by atoms with Crippen LogP contribution in [-0.4, -0.2) is 63.6 Å². The number of aromatic nitrogens is 8. The first-order valence-electron chi connectivity index (χ1n) is 14.7. The van der Waals surface area contributed by atoms with Gasteiger partial charge in [-0.3, -0.25) is 19.6 Å². The number of hydrogen-bond acceptors (Lipinski definition) is 7. The maximum Gasteiger partial charge on any atom is 0.237 e. The van der Waals surface area contributed by atoms with Gasteiger partial charge in [0.25, 0.3) is 0 Å². The highest BCUT2D eigenvalue weighted by Gasteiger charge is 2.29. The summed E-state index contributed by atoms with van der Waals surface area (Å²) in [5, 5.41) is 2.93. The highest BCUT2D eigenvalue weighted by atomic mass is 16.2. The lowest BCUT2D eigenvalue weighted by atomic mass is 9.97. The third kappa shape index (κ3) is 5.92. The minimum Gasteiger partial charge on any atom is -0.355 e. The minimum atomic E-state index is -0.916. The number of nitrogens with two attached hydrogens (primary N) is 1. The van der Waals surface area contributed by atoms with Crippen LogP contribution in [0.1, 0.15) is 44.5 Å². The Labute approximate surface area is 252 Å². The Kier molecular flexibility index (Phi) is 7.32. The summed E-state index contributed by atoms with van der Waals surface area (Å²) in [6.45, 7) is 0. The van der Waals surface area contributed by atoms with Gasteiger partial charge in [-0.25, -0.2) is 9.97 Å². The quantitative estimate of drug-likeness (QED) is 0.150. The van der Waals surface area contributed by atoms with Gasteiger partial charge in [0.05, 0.1) is 41.5 Å². The van der Waals surface area contributed by atoms with Crippen molar-refractivity contribution in [1.29, 1.82) is 0 Å². The predicted molar refractivity (Wildman–Crippen MR) is 165 cm³/mol. The molecule has 0 radical (unpaired) electrons. The van der Waals surface area contributed by atoms with Crippen LogP contribution in [0.5, 0.6) is 0 Å². The molecule has 12 nitrogen and oxygen atoms in total. The fourth-order valence-corrected chi connectivity index (χ4v) is 5.79. The van der Waals surface area contributed by atoms with Crippen LogP contribution in [-0.2, 0) is 43.3 Å². The first kappa shape index (κ1) is 27.5. The molecule has 12 heteroatoms. The topological polar surface area (TPSA) is 187 Å². The number of fused-ring (bicyclic) bond motifs is 8. The summed E-state index contributed by atoms with van der Waals surface area (Å²) in [7, 11) is 0. The number of hydrogen-bond donors (Lipinski definition) is 6. The van der Waals surface area contributed by atoms with Gasteiger partial charge in [0.1, 0.15) is 0 Å². The van der Waals surface area contributed by atoms with E-state index in [9.17, 15) is 9.59 Å². The van der Waals surface area contributed by atoms with Gasteiger partial charge in [-0.2, -0.15) is 0 Å². The fraction of sp³-hybridized carbons (Fsp3) is 0.250. The molecule has 2 aliphatic rings. The largest absolute Gasteiger partial charge is 0.355 e. The third-order valence-corrected chi connectivity index (χ3v) is 7.97. The normalized spacial score (nSPS) is 14.3. The number of Topliss-reactive ketones (excluding diaryl/α,β-unsaturated/α-hetero) is 1. The van der Waals surface area contributed by atoms with Crippen molar-refractivity contribution in [1.82, 2.24) is 45.2 Å². The molecule has 0 saturated heterocycles. The zero-order chi connectivity index (χ0) is 30.0. The maximum absolute atomic E-state index is 14.5. The number of imidazole rings is 2. The van der Waals surface area contributed by atoms with E-state index in [1.165, 1.54) is 6.33 Å². The second kappa shape index (κ2) is 11.7. The highest BCUT2D eigenvalue weighted by Crippen LogP contribution is 2.23. The molecule has 8 bridgehead atoms. The van der Waals surface area contributed by atoms with E-state index in [1.54, 1.807) is 18.7 Å². The van der Waals surface area contributed by atoms with E-state index in [-0.39, 0.29) is 18.6 Å². The molecule has 0 unspecified atom stereocenters. The molecule has 7 rings (SSSR count). The van der Waals surface area contributed by atoms with Crippen LogP contribution in [0.25, 0.3) is 22.1 Å². The molecule has 0 aliphatic carbocycles. The van der Waals surface area contributed by atoms with Crippen molar-refractivity contribution in [2.45, 2.75) is 50.6 Å². The van der Waals surface area contributed by atoms with Crippen molar-refractivity contribution in [3.63, 3.8) is 0 Å². The van der Waals surface area contributed by atoms with Gasteiger partial charge in [0.2, 0.25) is 5.91 Å². The average molecular weight is 589 g/mol. The van der Waals surface area contributed by atoms with Gasteiger partial charge in [-0.05, 0) is 68.1 Å². The summed E-state index contributed by atoms with van der Waals surface area (Å²) in [5.74, 6) is -0.701. The Bertz CT molecular complexity index is 1970. The second-order valence-corrected chi connectivity index (χ2v) is 11.2. The Morgan fingerprint density at radius 2 is 1.36 bits per heavy atom. The van der Waals surface area contributed by atoms with E-state index in [0.29, 0.717) is 35.3 Å². The van der Waals surface area contributed by atoms with Crippen LogP contribution in [0, 0.1) is 0 Å². The summed E-state index contributed by atoms with van der Waals surface area (Å²) in [4.78, 5) is 58.6.